The highest BCUT2D eigenvalue weighted by atomic mass is 19.2. The zero-order chi connectivity index (χ0) is 18.7. The van der Waals surface area contributed by atoms with Gasteiger partial charge < -0.3 is 4.57 Å². The SMILES string of the molecule is CC12CCC(C/C1=N/NC(=O)Cn1cnc3cc(F)c(F)cc31)C2(C)C. The Morgan fingerprint density at radius 3 is 2.73 bits per heavy atom. The van der Waals surface area contributed by atoms with Crippen molar-refractivity contribution in [1.29, 1.82) is 0 Å². The third-order valence-electron chi connectivity index (χ3n) is 6.80. The maximum absolute atomic E-state index is 13.5. The van der Waals surface area contributed by atoms with Gasteiger partial charge in [-0.1, -0.05) is 20.8 Å². The third-order valence-corrected chi connectivity index (χ3v) is 6.80. The number of nitrogens with zero attached hydrogens (tertiary/aromatic N) is 3. The first-order valence-electron chi connectivity index (χ1n) is 8.88. The van der Waals surface area contributed by atoms with E-state index in [9.17, 15) is 13.6 Å². The van der Waals surface area contributed by atoms with Gasteiger partial charge in [0.1, 0.15) is 6.54 Å². The molecule has 1 heterocycles. The summed E-state index contributed by atoms with van der Waals surface area (Å²) in [6.45, 7) is 6.73. The lowest BCUT2D eigenvalue weighted by atomic mass is 9.70. The number of hydrogen-bond donors (Lipinski definition) is 1. The van der Waals surface area contributed by atoms with E-state index in [1.807, 2.05) is 0 Å². The summed E-state index contributed by atoms with van der Waals surface area (Å²) in [6, 6.07) is 2.08. The third kappa shape index (κ3) is 2.36. The van der Waals surface area contributed by atoms with Gasteiger partial charge in [0, 0.05) is 23.3 Å². The Balaban J connectivity index is 1.50. The van der Waals surface area contributed by atoms with Crippen molar-refractivity contribution in [2.45, 2.75) is 46.6 Å². The van der Waals surface area contributed by atoms with Crippen molar-refractivity contribution in [3.63, 3.8) is 0 Å². The molecule has 1 amide bonds. The summed E-state index contributed by atoms with van der Waals surface area (Å²) in [7, 11) is 0. The van der Waals surface area contributed by atoms with Crippen molar-refractivity contribution in [1.82, 2.24) is 15.0 Å². The monoisotopic (exact) mass is 360 g/mol. The fourth-order valence-electron chi connectivity index (χ4n) is 4.60. The number of amides is 1. The van der Waals surface area contributed by atoms with Crippen molar-refractivity contribution >= 4 is 22.7 Å². The zero-order valence-corrected chi connectivity index (χ0v) is 15.1. The van der Waals surface area contributed by atoms with Crippen molar-refractivity contribution in [2.75, 3.05) is 0 Å². The Labute approximate surface area is 150 Å². The summed E-state index contributed by atoms with van der Waals surface area (Å²) in [5, 5.41) is 4.41. The van der Waals surface area contributed by atoms with Gasteiger partial charge >= 0.3 is 0 Å². The number of benzene rings is 1. The molecule has 1 aromatic heterocycles. The van der Waals surface area contributed by atoms with Gasteiger partial charge in [0.15, 0.2) is 11.6 Å². The molecule has 0 saturated heterocycles. The lowest BCUT2D eigenvalue weighted by Crippen LogP contribution is -2.34. The van der Waals surface area contributed by atoms with Crippen molar-refractivity contribution in [2.24, 2.45) is 21.8 Å². The minimum atomic E-state index is -0.961. The first-order chi connectivity index (χ1) is 12.2. The molecule has 2 aliphatic carbocycles. The van der Waals surface area contributed by atoms with E-state index in [1.54, 1.807) is 0 Å². The predicted molar refractivity (Wildman–Crippen MR) is 94.5 cm³/mol. The molecule has 2 fully saturated rings. The van der Waals surface area contributed by atoms with Crippen LogP contribution < -0.4 is 5.43 Å². The van der Waals surface area contributed by atoms with Crippen LogP contribution in [-0.4, -0.2) is 21.2 Å². The Morgan fingerprint density at radius 1 is 1.35 bits per heavy atom. The van der Waals surface area contributed by atoms with Crippen LogP contribution in [0, 0.1) is 28.4 Å². The highest BCUT2D eigenvalue weighted by Gasteiger charge is 2.60. The first kappa shape index (κ1) is 17.1. The topological polar surface area (TPSA) is 59.3 Å². The van der Waals surface area contributed by atoms with Crippen molar-refractivity contribution < 1.29 is 13.6 Å². The second kappa shape index (κ2) is 5.59. The van der Waals surface area contributed by atoms with Crippen LogP contribution in [-0.2, 0) is 11.3 Å². The van der Waals surface area contributed by atoms with E-state index in [-0.39, 0.29) is 23.3 Å². The lowest BCUT2D eigenvalue weighted by molar-refractivity contribution is -0.121. The molecule has 26 heavy (non-hydrogen) atoms. The molecule has 1 aromatic carbocycles. The highest BCUT2D eigenvalue weighted by molar-refractivity contribution is 5.95. The zero-order valence-electron chi connectivity index (χ0n) is 15.1. The summed E-state index contributed by atoms with van der Waals surface area (Å²) in [5.74, 6) is -1.62. The van der Waals surface area contributed by atoms with E-state index >= 15 is 0 Å². The number of hydrogen-bond acceptors (Lipinski definition) is 3. The maximum Gasteiger partial charge on any atom is 0.260 e. The molecule has 2 unspecified atom stereocenters. The van der Waals surface area contributed by atoms with Crippen molar-refractivity contribution in [3.05, 3.63) is 30.1 Å². The Kier molecular flexibility index (Phi) is 3.68. The first-order valence-corrected chi connectivity index (χ1v) is 8.88. The van der Waals surface area contributed by atoms with Crippen LogP contribution in [0.2, 0.25) is 0 Å². The van der Waals surface area contributed by atoms with Gasteiger partial charge in [0.2, 0.25) is 0 Å². The minimum Gasteiger partial charge on any atom is -0.321 e. The Bertz CT molecular complexity index is 933. The van der Waals surface area contributed by atoms with E-state index in [0.717, 1.165) is 30.7 Å². The summed E-state index contributed by atoms with van der Waals surface area (Å²) in [4.78, 5) is 16.3. The van der Waals surface area contributed by atoms with Crippen LogP contribution in [0.5, 0.6) is 0 Å². The molecule has 5 nitrogen and oxygen atoms in total. The molecule has 7 heteroatoms. The van der Waals surface area contributed by atoms with Crippen LogP contribution in [0.15, 0.2) is 23.6 Å². The second-order valence-corrected chi connectivity index (χ2v) is 8.21. The average molecular weight is 360 g/mol. The van der Waals surface area contributed by atoms with E-state index in [4.69, 9.17) is 0 Å². The average Bonchev–Trinajstić information content (AvgIpc) is 3.12. The molecular weight excluding hydrogens is 338 g/mol. The number of imidazole rings is 1. The fourth-order valence-corrected chi connectivity index (χ4v) is 4.60. The molecule has 4 rings (SSSR count). The van der Waals surface area contributed by atoms with Crippen LogP contribution in [0.25, 0.3) is 11.0 Å². The van der Waals surface area contributed by atoms with E-state index in [1.165, 1.54) is 17.3 Å². The summed E-state index contributed by atoms with van der Waals surface area (Å²) < 4.78 is 28.2. The number of halogens is 2. The van der Waals surface area contributed by atoms with Gasteiger partial charge in [-0.15, -0.1) is 0 Å². The molecule has 1 N–H and O–H groups in total. The molecule has 2 bridgehead atoms. The van der Waals surface area contributed by atoms with Gasteiger partial charge in [-0.05, 0) is 30.6 Å². The molecule has 0 aliphatic heterocycles. The number of aromatic nitrogens is 2. The number of fused-ring (bicyclic) bond motifs is 3. The van der Waals surface area contributed by atoms with Gasteiger partial charge in [0.05, 0.1) is 17.4 Å². The molecule has 2 aliphatic rings. The van der Waals surface area contributed by atoms with E-state index < -0.39 is 11.6 Å². The lowest BCUT2D eigenvalue weighted by Gasteiger charge is -2.34. The molecule has 2 atom stereocenters. The minimum absolute atomic E-state index is 0.0211. The Morgan fingerprint density at radius 2 is 2.08 bits per heavy atom. The largest absolute Gasteiger partial charge is 0.321 e. The van der Waals surface area contributed by atoms with E-state index in [0.29, 0.717) is 17.0 Å². The van der Waals surface area contributed by atoms with Gasteiger partial charge in [-0.3, -0.25) is 4.79 Å². The van der Waals surface area contributed by atoms with E-state index in [2.05, 4.69) is 36.3 Å². The van der Waals surface area contributed by atoms with Crippen molar-refractivity contribution in [3.8, 4) is 0 Å². The predicted octanol–water partition coefficient (Wildman–Crippen LogP) is 3.63. The van der Waals surface area contributed by atoms with Crippen LogP contribution >= 0.6 is 0 Å². The summed E-state index contributed by atoms with van der Waals surface area (Å²) in [6.07, 6.45) is 4.62. The molecule has 0 radical (unpaired) electrons. The quantitative estimate of drug-likeness (QED) is 0.850. The van der Waals surface area contributed by atoms with Crippen LogP contribution in [0.1, 0.15) is 40.0 Å². The van der Waals surface area contributed by atoms with Gasteiger partial charge in [-0.2, -0.15) is 5.10 Å². The number of rotatable bonds is 3. The number of nitrogens with one attached hydrogen (secondary N) is 1. The Hall–Kier alpha value is -2.31. The smallest absolute Gasteiger partial charge is 0.260 e. The maximum atomic E-state index is 13.5. The number of carbonyl (C=O) groups excluding carboxylic acids is 1. The molecule has 2 saturated carbocycles. The second-order valence-electron chi connectivity index (χ2n) is 8.21. The molecule has 2 aromatic rings. The summed E-state index contributed by atoms with van der Waals surface area (Å²) in [5.41, 5.74) is 4.59. The molecule has 0 spiro atoms. The summed E-state index contributed by atoms with van der Waals surface area (Å²) >= 11 is 0. The molecular formula is C19H22F2N4O. The molecule has 138 valence electrons. The normalized spacial score (nSPS) is 28.2. The highest BCUT2D eigenvalue weighted by Crippen LogP contribution is 2.63. The fraction of sp³-hybridized carbons (Fsp3) is 0.526. The van der Waals surface area contributed by atoms with Gasteiger partial charge in [-0.25, -0.2) is 19.2 Å². The van der Waals surface area contributed by atoms with Crippen LogP contribution in [0.4, 0.5) is 8.78 Å². The number of carbonyl (C=O) groups is 1. The van der Waals surface area contributed by atoms with Crippen LogP contribution in [0.3, 0.4) is 0 Å². The number of hydrazone groups is 1. The van der Waals surface area contributed by atoms with Gasteiger partial charge in [0.25, 0.3) is 5.91 Å². The standard InChI is InChI=1S/C19H22F2N4O/c1-18(2)11-4-5-19(18,3)16(6-11)23-24-17(26)9-25-10-22-14-7-12(20)13(21)8-15(14)25/h7-8,10-11H,4-6,9H2,1-3H3,(H,24,26)/b23-16-.